The van der Waals surface area contributed by atoms with E-state index in [9.17, 15) is 18.0 Å². The lowest BCUT2D eigenvalue weighted by molar-refractivity contribution is -0.145. The third-order valence-electron chi connectivity index (χ3n) is 4.03. The van der Waals surface area contributed by atoms with Crippen LogP contribution in [0.25, 0.3) is 0 Å². The average molecular weight is 280 g/mol. The standard InChI is InChI=1S/C13H23F3N2O/c1-18(8-7-13(14,15)16)11(19)9-12(10-17)5-3-2-4-6-12/h2-10,17H2,1H3. The van der Waals surface area contributed by atoms with E-state index < -0.39 is 12.6 Å². The van der Waals surface area contributed by atoms with E-state index >= 15 is 0 Å². The van der Waals surface area contributed by atoms with E-state index in [2.05, 4.69) is 0 Å². The topological polar surface area (TPSA) is 46.3 Å². The van der Waals surface area contributed by atoms with Crippen molar-refractivity contribution in [2.45, 2.75) is 51.1 Å². The van der Waals surface area contributed by atoms with Gasteiger partial charge >= 0.3 is 6.18 Å². The molecule has 0 aromatic carbocycles. The van der Waals surface area contributed by atoms with Gasteiger partial charge in [0.05, 0.1) is 6.42 Å². The van der Waals surface area contributed by atoms with Crippen LogP contribution < -0.4 is 5.73 Å². The Balaban J connectivity index is 2.48. The molecule has 1 aliphatic rings. The number of nitrogens with two attached hydrogens (primary N) is 1. The zero-order valence-corrected chi connectivity index (χ0v) is 11.4. The van der Waals surface area contributed by atoms with Gasteiger partial charge in [-0.1, -0.05) is 19.3 Å². The van der Waals surface area contributed by atoms with Crippen LogP contribution in [0.4, 0.5) is 13.2 Å². The Kier molecular flexibility index (Phi) is 5.64. The minimum absolute atomic E-state index is 0.193. The predicted molar refractivity (Wildman–Crippen MR) is 67.5 cm³/mol. The molecule has 0 radical (unpaired) electrons. The predicted octanol–water partition coefficient (Wildman–Crippen LogP) is 2.70. The number of nitrogens with zero attached hydrogens (tertiary/aromatic N) is 1. The fourth-order valence-electron chi connectivity index (χ4n) is 2.63. The summed E-state index contributed by atoms with van der Waals surface area (Å²) in [6.45, 7) is 0.162. The maximum Gasteiger partial charge on any atom is 0.390 e. The summed E-state index contributed by atoms with van der Waals surface area (Å²) >= 11 is 0. The zero-order valence-electron chi connectivity index (χ0n) is 11.4. The summed E-state index contributed by atoms with van der Waals surface area (Å²) in [6, 6.07) is 0. The molecule has 1 amide bonds. The molecule has 19 heavy (non-hydrogen) atoms. The van der Waals surface area contributed by atoms with Crippen molar-refractivity contribution in [1.29, 1.82) is 0 Å². The molecular formula is C13H23F3N2O. The van der Waals surface area contributed by atoms with E-state index in [0.29, 0.717) is 6.54 Å². The second kappa shape index (κ2) is 6.59. The molecule has 0 bridgehead atoms. The maximum absolute atomic E-state index is 12.1. The normalized spacial score (nSPS) is 19.2. The first kappa shape index (κ1) is 16.3. The number of halogens is 3. The third kappa shape index (κ3) is 5.38. The van der Waals surface area contributed by atoms with Crippen molar-refractivity contribution in [3.63, 3.8) is 0 Å². The highest BCUT2D eigenvalue weighted by Crippen LogP contribution is 2.38. The smallest absolute Gasteiger partial charge is 0.345 e. The summed E-state index contributed by atoms with van der Waals surface area (Å²) < 4.78 is 36.4. The Morgan fingerprint density at radius 1 is 1.26 bits per heavy atom. The molecule has 6 heteroatoms. The number of hydrogen-bond acceptors (Lipinski definition) is 2. The summed E-state index contributed by atoms with van der Waals surface area (Å²) in [5.41, 5.74) is 5.59. The Morgan fingerprint density at radius 2 is 1.84 bits per heavy atom. The molecule has 0 atom stereocenters. The highest BCUT2D eigenvalue weighted by atomic mass is 19.4. The second-order valence-electron chi connectivity index (χ2n) is 5.62. The summed E-state index contributed by atoms with van der Waals surface area (Å²) in [5, 5.41) is 0. The number of rotatable bonds is 5. The van der Waals surface area contributed by atoms with Gasteiger partial charge in [0.1, 0.15) is 0 Å². The first-order chi connectivity index (χ1) is 8.78. The average Bonchev–Trinajstić information content (AvgIpc) is 2.36. The lowest BCUT2D eigenvalue weighted by Crippen LogP contribution is -2.40. The first-order valence-corrected chi connectivity index (χ1v) is 6.79. The third-order valence-corrected chi connectivity index (χ3v) is 4.03. The van der Waals surface area contributed by atoms with Crippen molar-refractivity contribution in [3.8, 4) is 0 Å². The van der Waals surface area contributed by atoms with Gasteiger partial charge < -0.3 is 10.6 Å². The lowest BCUT2D eigenvalue weighted by Gasteiger charge is -2.36. The minimum atomic E-state index is -4.22. The SMILES string of the molecule is CN(CCC(F)(F)F)C(=O)CC1(CN)CCCCC1. The van der Waals surface area contributed by atoms with Crippen molar-refractivity contribution in [2.75, 3.05) is 20.1 Å². The van der Waals surface area contributed by atoms with E-state index in [-0.39, 0.29) is 24.3 Å². The molecule has 1 rings (SSSR count). The first-order valence-electron chi connectivity index (χ1n) is 6.79. The summed E-state index contributed by atoms with van der Waals surface area (Å²) in [6.07, 6.45) is 0.172. The fraction of sp³-hybridized carbons (Fsp3) is 0.923. The van der Waals surface area contributed by atoms with Crippen molar-refractivity contribution in [2.24, 2.45) is 11.1 Å². The largest absolute Gasteiger partial charge is 0.390 e. The van der Waals surface area contributed by atoms with Gasteiger partial charge in [-0.25, -0.2) is 0 Å². The molecule has 3 nitrogen and oxygen atoms in total. The number of carbonyl (C=O) groups is 1. The van der Waals surface area contributed by atoms with E-state index in [1.54, 1.807) is 0 Å². The van der Waals surface area contributed by atoms with Gasteiger partial charge in [0.2, 0.25) is 5.91 Å². The monoisotopic (exact) mass is 280 g/mol. The van der Waals surface area contributed by atoms with Gasteiger partial charge in [0.15, 0.2) is 0 Å². The molecule has 112 valence electrons. The Hall–Kier alpha value is -0.780. The van der Waals surface area contributed by atoms with Crippen LogP contribution >= 0.6 is 0 Å². The van der Waals surface area contributed by atoms with Crippen LogP contribution in [0.1, 0.15) is 44.9 Å². The van der Waals surface area contributed by atoms with Crippen molar-refractivity contribution in [3.05, 3.63) is 0 Å². The fourth-order valence-corrected chi connectivity index (χ4v) is 2.63. The Bertz CT molecular complexity index is 299. The van der Waals surface area contributed by atoms with Gasteiger partial charge in [0, 0.05) is 20.0 Å². The summed E-state index contributed by atoms with van der Waals surface area (Å²) in [5.74, 6) is -0.225. The molecule has 0 spiro atoms. The number of carbonyl (C=O) groups excluding carboxylic acids is 1. The van der Waals surface area contributed by atoms with E-state index in [0.717, 1.165) is 32.1 Å². The minimum Gasteiger partial charge on any atom is -0.345 e. The van der Waals surface area contributed by atoms with Crippen molar-refractivity contribution in [1.82, 2.24) is 4.90 Å². The molecular weight excluding hydrogens is 257 g/mol. The highest BCUT2D eigenvalue weighted by molar-refractivity contribution is 5.76. The van der Waals surface area contributed by atoms with Gasteiger partial charge in [0.25, 0.3) is 0 Å². The maximum atomic E-state index is 12.1. The number of hydrogen-bond donors (Lipinski definition) is 1. The molecule has 0 aromatic rings. The van der Waals surface area contributed by atoms with E-state index in [4.69, 9.17) is 5.73 Å². The molecule has 1 aliphatic carbocycles. The van der Waals surface area contributed by atoms with Crippen LogP contribution in [-0.2, 0) is 4.79 Å². The lowest BCUT2D eigenvalue weighted by atomic mass is 9.71. The van der Waals surface area contributed by atoms with E-state index in [1.165, 1.54) is 11.9 Å². The van der Waals surface area contributed by atoms with Crippen LogP contribution in [-0.4, -0.2) is 37.1 Å². The summed E-state index contributed by atoms with van der Waals surface area (Å²) in [7, 11) is 1.43. The van der Waals surface area contributed by atoms with Crippen LogP contribution in [0.15, 0.2) is 0 Å². The van der Waals surface area contributed by atoms with Crippen molar-refractivity contribution >= 4 is 5.91 Å². The highest BCUT2D eigenvalue weighted by Gasteiger charge is 2.34. The Labute approximate surface area is 112 Å². The van der Waals surface area contributed by atoms with Crippen LogP contribution in [0.3, 0.4) is 0 Å². The van der Waals surface area contributed by atoms with Gasteiger partial charge in [-0.15, -0.1) is 0 Å². The van der Waals surface area contributed by atoms with Gasteiger partial charge in [-0.05, 0) is 24.8 Å². The number of amides is 1. The molecule has 0 saturated heterocycles. The molecule has 0 aromatic heterocycles. The second-order valence-corrected chi connectivity index (χ2v) is 5.62. The molecule has 0 unspecified atom stereocenters. The van der Waals surface area contributed by atoms with Crippen LogP contribution in [0, 0.1) is 5.41 Å². The van der Waals surface area contributed by atoms with Gasteiger partial charge in [-0.2, -0.15) is 13.2 Å². The summed E-state index contributed by atoms with van der Waals surface area (Å²) in [4.78, 5) is 13.2. The van der Waals surface area contributed by atoms with Crippen molar-refractivity contribution < 1.29 is 18.0 Å². The zero-order chi connectivity index (χ0) is 14.5. The number of alkyl halides is 3. The Morgan fingerprint density at radius 3 is 2.32 bits per heavy atom. The van der Waals surface area contributed by atoms with Gasteiger partial charge in [-0.3, -0.25) is 4.79 Å². The molecule has 1 saturated carbocycles. The molecule has 2 N–H and O–H groups in total. The molecule has 0 aliphatic heterocycles. The van der Waals surface area contributed by atoms with E-state index in [1.807, 2.05) is 0 Å². The quantitative estimate of drug-likeness (QED) is 0.841. The molecule has 1 fully saturated rings. The molecule has 0 heterocycles. The van der Waals surface area contributed by atoms with Crippen LogP contribution in [0.2, 0.25) is 0 Å². The van der Waals surface area contributed by atoms with Crippen LogP contribution in [0.5, 0.6) is 0 Å².